The number of nitrogens with one attached hydrogen (secondary N) is 1. The number of rotatable bonds is 4. The third-order valence-corrected chi connectivity index (χ3v) is 4.06. The number of amides is 1. The summed E-state index contributed by atoms with van der Waals surface area (Å²) in [5.74, 6) is -0.952. The highest BCUT2D eigenvalue weighted by atomic mass is 35.5. The Morgan fingerprint density at radius 3 is 2.64 bits per heavy atom. The summed E-state index contributed by atoms with van der Waals surface area (Å²) in [7, 11) is 1.54. The maximum Gasteiger partial charge on any atom is 0.306 e. The molecule has 1 aliphatic rings. The number of hydrogen-bond acceptors (Lipinski definition) is 4. The number of aliphatic carboxylic acids is 1. The Balaban J connectivity index is 2.18. The number of aliphatic imine (C=N–C) groups is 1. The molecule has 0 bridgehead atoms. The van der Waals surface area contributed by atoms with Gasteiger partial charge in [0.05, 0.1) is 24.9 Å². The smallest absolute Gasteiger partial charge is 0.306 e. The highest BCUT2D eigenvalue weighted by Gasteiger charge is 2.28. The first-order valence-electron chi connectivity index (χ1n) is 7.52. The number of carbonyl (C=O) groups is 2. The fourth-order valence-electron chi connectivity index (χ4n) is 2.60. The molecule has 6 nitrogen and oxygen atoms in total. The number of hydrogen-bond donors (Lipinski definition) is 2. The van der Waals surface area contributed by atoms with Crippen molar-refractivity contribution in [1.82, 2.24) is 0 Å². The maximum atomic E-state index is 12.4. The van der Waals surface area contributed by atoms with Crippen LogP contribution >= 0.6 is 11.6 Å². The Kier molecular flexibility index (Phi) is 4.72. The molecule has 2 aromatic carbocycles. The lowest BCUT2D eigenvalue weighted by Crippen LogP contribution is -2.27. The van der Waals surface area contributed by atoms with Gasteiger partial charge in [0, 0.05) is 16.1 Å². The van der Waals surface area contributed by atoms with Crippen LogP contribution in [-0.4, -0.2) is 35.8 Å². The van der Waals surface area contributed by atoms with Gasteiger partial charge in [-0.1, -0.05) is 23.7 Å². The zero-order valence-corrected chi connectivity index (χ0v) is 14.1. The summed E-state index contributed by atoms with van der Waals surface area (Å²) in [5, 5.41) is 12.4. The average molecular weight is 359 g/mol. The minimum absolute atomic E-state index is 0.395. The Morgan fingerprint density at radius 2 is 2.00 bits per heavy atom. The second kappa shape index (κ2) is 6.94. The van der Waals surface area contributed by atoms with Crippen molar-refractivity contribution in [1.29, 1.82) is 0 Å². The highest BCUT2D eigenvalue weighted by Crippen LogP contribution is 2.29. The summed E-state index contributed by atoms with van der Waals surface area (Å²) in [5.41, 5.74) is 2.44. The molecule has 0 aromatic heterocycles. The molecule has 0 aliphatic carbocycles. The minimum Gasteiger partial charge on any atom is -0.497 e. The summed E-state index contributed by atoms with van der Waals surface area (Å²) in [6.07, 6.45) is -0.395. The van der Waals surface area contributed by atoms with E-state index in [2.05, 4.69) is 10.3 Å². The van der Waals surface area contributed by atoms with Gasteiger partial charge >= 0.3 is 5.97 Å². The molecule has 0 spiro atoms. The van der Waals surface area contributed by atoms with Crippen LogP contribution in [0.25, 0.3) is 0 Å². The van der Waals surface area contributed by atoms with Gasteiger partial charge in [0.2, 0.25) is 5.91 Å². The number of carboxylic acid groups (broad SMARTS) is 1. The monoisotopic (exact) mass is 358 g/mol. The van der Waals surface area contributed by atoms with Crippen molar-refractivity contribution in [2.45, 2.75) is 12.5 Å². The Bertz CT molecular complexity index is 862. The van der Waals surface area contributed by atoms with Crippen molar-refractivity contribution < 1.29 is 19.4 Å². The van der Waals surface area contributed by atoms with Crippen LogP contribution in [0.1, 0.15) is 17.5 Å². The molecule has 2 N–H and O–H groups in total. The van der Waals surface area contributed by atoms with Crippen LogP contribution in [0.3, 0.4) is 0 Å². The zero-order chi connectivity index (χ0) is 18.0. The van der Waals surface area contributed by atoms with Crippen molar-refractivity contribution in [2.75, 3.05) is 12.4 Å². The molecule has 25 heavy (non-hydrogen) atoms. The van der Waals surface area contributed by atoms with Crippen molar-refractivity contribution in [2.24, 2.45) is 4.99 Å². The lowest BCUT2D eigenvalue weighted by Gasteiger charge is -2.11. The average Bonchev–Trinajstić information content (AvgIpc) is 2.72. The number of carboxylic acids is 1. The molecule has 0 saturated heterocycles. The van der Waals surface area contributed by atoms with Gasteiger partial charge in [-0.25, -0.2) is 0 Å². The van der Waals surface area contributed by atoms with Crippen molar-refractivity contribution in [3.63, 3.8) is 0 Å². The van der Waals surface area contributed by atoms with Crippen LogP contribution in [0.4, 0.5) is 5.69 Å². The lowest BCUT2D eigenvalue weighted by atomic mass is 10.00. The maximum absolute atomic E-state index is 12.4. The van der Waals surface area contributed by atoms with E-state index in [1.807, 2.05) is 0 Å². The van der Waals surface area contributed by atoms with Crippen molar-refractivity contribution >= 4 is 34.9 Å². The molecule has 1 heterocycles. The first-order valence-corrected chi connectivity index (χ1v) is 7.90. The minimum atomic E-state index is -1.09. The number of nitrogens with zero attached hydrogens (tertiary/aromatic N) is 1. The molecule has 1 amide bonds. The molecule has 1 atom stereocenters. The molecular weight excluding hydrogens is 344 g/mol. The van der Waals surface area contributed by atoms with Crippen LogP contribution in [0.5, 0.6) is 5.75 Å². The van der Waals surface area contributed by atoms with Gasteiger partial charge < -0.3 is 15.2 Å². The molecule has 0 saturated carbocycles. The Hall–Kier alpha value is -2.86. The van der Waals surface area contributed by atoms with Gasteiger partial charge in [0.1, 0.15) is 11.8 Å². The second-order valence-corrected chi connectivity index (χ2v) is 5.94. The number of methoxy groups -OCH3 is 1. The van der Waals surface area contributed by atoms with Gasteiger partial charge in [-0.15, -0.1) is 0 Å². The van der Waals surface area contributed by atoms with Crippen LogP contribution in [0.2, 0.25) is 5.02 Å². The predicted octanol–water partition coefficient (Wildman–Crippen LogP) is 2.98. The fraction of sp³-hybridized carbons (Fsp3) is 0.167. The van der Waals surface area contributed by atoms with E-state index in [4.69, 9.17) is 21.4 Å². The van der Waals surface area contributed by atoms with Crippen LogP contribution in [-0.2, 0) is 9.59 Å². The van der Waals surface area contributed by atoms with E-state index in [9.17, 15) is 9.59 Å². The molecule has 7 heteroatoms. The summed E-state index contributed by atoms with van der Waals surface area (Å²) in [6, 6.07) is 11.1. The van der Waals surface area contributed by atoms with Crippen LogP contribution in [0.15, 0.2) is 47.5 Å². The van der Waals surface area contributed by atoms with E-state index in [1.165, 1.54) is 0 Å². The molecule has 3 rings (SSSR count). The van der Waals surface area contributed by atoms with Gasteiger partial charge in [0.25, 0.3) is 0 Å². The van der Waals surface area contributed by atoms with Gasteiger partial charge in [-0.2, -0.15) is 0 Å². The summed E-state index contributed by atoms with van der Waals surface area (Å²) >= 11 is 5.95. The third kappa shape index (κ3) is 3.64. The normalized spacial score (nSPS) is 16.3. The van der Waals surface area contributed by atoms with E-state index in [0.717, 1.165) is 5.56 Å². The SMILES string of the molecule is COc1ccc2c(c1)C(c1ccc(Cl)cc1)=N[C@@H](CC(=O)O)C(=O)N2. The van der Waals surface area contributed by atoms with E-state index >= 15 is 0 Å². The summed E-state index contributed by atoms with van der Waals surface area (Å²) < 4.78 is 5.26. The topological polar surface area (TPSA) is 88.0 Å². The van der Waals surface area contributed by atoms with Crippen LogP contribution in [0, 0.1) is 0 Å². The number of benzene rings is 2. The van der Waals surface area contributed by atoms with Gasteiger partial charge in [0.15, 0.2) is 0 Å². The lowest BCUT2D eigenvalue weighted by molar-refractivity contribution is -0.138. The zero-order valence-electron chi connectivity index (χ0n) is 13.3. The van der Waals surface area contributed by atoms with Gasteiger partial charge in [-0.05, 0) is 30.3 Å². The molecule has 0 radical (unpaired) electrons. The van der Waals surface area contributed by atoms with Crippen molar-refractivity contribution in [3.05, 3.63) is 58.6 Å². The predicted molar refractivity (Wildman–Crippen MR) is 94.8 cm³/mol. The Labute approximate surface area is 149 Å². The number of ether oxygens (including phenoxy) is 1. The first kappa shape index (κ1) is 17.0. The fourth-order valence-corrected chi connectivity index (χ4v) is 2.72. The number of fused-ring (bicyclic) bond motifs is 1. The molecule has 1 aliphatic heterocycles. The number of benzodiazepines with no additional fused rings is 1. The highest BCUT2D eigenvalue weighted by molar-refractivity contribution is 6.30. The quantitative estimate of drug-likeness (QED) is 0.879. The first-order chi connectivity index (χ1) is 12.0. The van der Waals surface area contributed by atoms with E-state index < -0.39 is 24.3 Å². The standard InChI is InChI=1S/C18H15ClN2O4/c1-25-12-6-7-14-13(8-12)17(10-2-4-11(19)5-3-10)20-15(9-16(22)23)18(24)21-14/h2-8,15H,9H2,1H3,(H,21,24)(H,22,23)/t15-/m0/s1. The van der Waals surface area contributed by atoms with E-state index in [-0.39, 0.29) is 0 Å². The summed E-state index contributed by atoms with van der Waals surface area (Å²) in [6.45, 7) is 0. The molecule has 0 unspecified atom stereocenters. The number of halogens is 1. The summed E-state index contributed by atoms with van der Waals surface area (Å²) in [4.78, 5) is 27.9. The van der Waals surface area contributed by atoms with E-state index in [1.54, 1.807) is 49.6 Å². The third-order valence-electron chi connectivity index (χ3n) is 3.81. The molecule has 0 fully saturated rings. The second-order valence-electron chi connectivity index (χ2n) is 5.50. The van der Waals surface area contributed by atoms with E-state index in [0.29, 0.717) is 27.7 Å². The molecule has 128 valence electrons. The van der Waals surface area contributed by atoms with Crippen molar-refractivity contribution in [3.8, 4) is 5.75 Å². The van der Waals surface area contributed by atoms with Crippen LogP contribution < -0.4 is 10.1 Å². The number of carbonyl (C=O) groups excluding carboxylic acids is 1. The van der Waals surface area contributed by atoms with Gasteiger partial charge in [-0.3, -0.25) is 14.6 Å². The largest absolute Gasteiger partial charge is 0.497 e. The molecular formula is C18H15ClN2O4. The number of anilines is 1. The Morgan fingerprint density at radius 1 is 1.28 bits per heavy atom. The molecule has 2 aromatic rings.